The van der Waals surface area contributed by atoms with Crippen LogP contribution in [0.3, 0.4) is 0 Å². The maximum absolute atomic E-state index is 12.2. The van der Waals surface area contributed by atoms with E-state index in [1.807, 2.05) is 26.0 Å². The molecule has 1 aromatic rings. The van der Waals surface area contributed by atoms with Gasteiger partial charge in [0.25, 0.3) is 0 Å². The highest BCUT2D eigenvalue weighted by atomic mass is 16.1. The molecule has 1 aliphatic rings. The fourth-order valence-electron chi connectivity index (χ4n) is 2.60. The summed E-state index contributed by atoms with van der Waals surface area (Å²) < 4.78 is 0. The standard InChI is InChI=1S/C15H21NO/c1-11-7-12(2)9-14(8-11)15(17)10-13-3-5-16-6-4-13/h7-9,13,16H,3-6,10H2,1-2H3. The van der Waals surface area contributed by atoms with Gasteiger partial charge in [0.1, 0.15) is 0 Å². The smallest absolute Gasteiger partial charge is 0.163 e. The molecular formula is C15H21NO. The lowest BCUT2D eigenvalue weighted by molar-refractivity contribution is 0.0952. The van der Waals surface area contributed by atoms with Crippen molar-refractivity contribution >= 4 is 5.78 Å². The first-order valence-electron chi connectivity index (χ1n) is 6.47. The molecule has 0 aliphatic carbocycles. The molecule has 0 spiro atoms. The zero-order valence-electron chi connectivity index (χ0n) is 10.8. The van der Waals surface area contributed by atoms with E-state index in [0.717, 1.165) is 31.5 Å². The number of benzene rings is 1. The Morgan fingerprint density at radius 3 is 2.35 bits per heavy atom. The Balaban J connectivity index is 2.03. The van der Waals surface area contributed by atoms with Crippen molar-refractivity contribution in [1.82, 2.24) is 5.32 Å². The minimum absolute atomic E-state index is 0.309. The summed E-state index contributed by atoms with van der Waals surface area (Å²) in [5.74, 6) is 0.883. The van der Waals surface area contributed by atoms with Gasteiger partial charge in [-0.25, -0.2) is 0 Å². The predicted octanol–water partition coefficient (Wildman–Crippen LogP) is 2.88. The second-order valence-corrected chi connectivity index (χ2v) is 5.20. The Kier molecular flexibility index (Phi) is 3.95. The normalized spacial score (nSPS) is 17.1. The number of aryl methyl sites for hydroxylation is 2. The molecule has 1 fully saturated rings. The number of hydrogen-bond acceptors (Lipinski definition) is 2. The van der Waals surface area contributed by atoms with Crippen LogP contribution in [0.4, 0.5) is 0 Å². The third-order valence-electron chi connectivity index (χ3n) is 3.48. The molecule has 2 heteroatoms. The lowest BCUT2D eigenvalue weighted by Gasteiger charge is -2.21. The average molecular weight is 231 g/mol. The Bertz CT molecular complexity index is 385. The van der Waals surface area contributed by atoms with Crippen LogP contribution in [0.15, 0.2) is 18.2 Å². The zero-order valence-corrected chi connectivity index (χ0v) is 10.8. The van der Waals surface area contributed by atoms with Crippen molar-refractivity contribution in [2.75, 3.05) is 13.1 Å². The fraction of sp³-hybridized carbons (Fsp3) is 0.533. The van der Waals surface area contributed by atoms with E-state index in [1.54, 1.807) is 0 Å². The van der Waals surface area contributed by atoms with Crippen molar-refractivity contribution in [1.29, 1.82) is 0 Å². The predicted molar refractivity (Wildman–Crippen MR) is 70.5 cm³/mol. The quantitative estimate of drug-likeness (QED) is 0.810. The van der Waals surface area contributed by atoms with Crippen molar-refractivity contribution in [3.63, 3.8) is 0 Å². The number of hydrogen-bond donors (Lipinski definition) is 1. The van der Waals surface area contributed by atoms with Crippen LogP contribution in [0.25, 0.3) is 0 Å². The van der Waals surface area contributed by atoms with Crippen LogP contribution in [0, 0.1) is 19.8 Å². The van der Waals surface area contributed by atoms with Gasteiger partial charge < -0.3 is 5.32 Å². The highest BCUT2D eigenvalue weighted by Gasteiger charge is 2.17. The second kappa shape index (κ2) is 5.46. The minimum Gasteiger partial charge on any atom is -0.317 e. The summed E-state index contributed by atoms with van der Waals surface area (Å²) in [4.78, 5) is 12.2. The molecule has 17 heavy (non-hydrogen) atoms. The largest absolute Gasteiger partial charge is 0.317 e. The lowest BCUT2D eigenvalue weighted by atomic mass is 9.90. The van der Waals surface area contributed by atoms with E-state index in [0.29, 0.717) is 18.1 Å². The van der Waals surface area contributed by atoms with Gasteiger partial charge in [-0.2, -0.15) is 0 Å². The molecule has 1 heterocycles. The highest BCUT2D eigenvalue weighted by Crippen LogP contribution is 2.20. The molecule has 1 aromatic carbocycles. The van der Waals surface area contributed by atoms with Gasteiger partial charge in [0.2, 0.25) is 0 Å². The molecule has 0 bridgehead atoms. The van der Waals surface area contributed by atoms with E-state index < -0.39 is 0 Å². The summed E-state index contributed by atoms with van der Waals surface area (Å²) in [7, 11) is 0. The number of ketones is 1. The van der Waals surface area contributed by atoms with Crippen LogP contribution in [-0.4, -0.2) is 18.9 Å². The maximum Gasteiger partial charge on any atom is 0.163 e. The second-order valence-electron chi connectivity index (χ2n) is 5.20. The molecular weight excluding hydrogens is 210 g/mol. The van der Waals surface area contributed by atoms with Crippen LogP contribution >= 0.6 is 0 Å². The van der Waals surface area contributed by atoms with Crippen molar-refractivity contribution in [3.8, 4) is 0 Å². The van der Waals surface area contributed by atoms with E-state index in [2.05, 4.69) is 11.4 Å². The Morgan fingerprint density at radius 2 is 1.76 bits per heavy atom. The number of nitrogens with one attached hydrogen (secondary N) is 1. The Hall–Kier alpha value is -1.15. The molecule has 0 amide bonds. The van der Waals surface area contributed by atoms with Crippen LogP contribution in [0.5, 0.6) is 0 Å². The molecule has 0 atom stereocenters. The van der Waals surface area contributed by atoms with Gasteiger partial charge >= 0.3 is 0 Å². The van der Waals surface area contributed by atoms with Crippen LogP contribution < -0.4 is 5.32 Å². The van der Waals surface area contributed by atoms with Gasteiger partial charge in [-0.3, -0.25) is 4.79 Å². The van der Waals surface area contributed by atoms with E-state index in [9.17, 15) is 4.79 Å². The molecule has 2 rings (SSSR count). The first-order valence-corrected chi connectivity index (χ1v) is 6.47. The summed E-state index contributed by atoms with van der Waals surface area (Å²) >= 11 is 0. The first-order chi connectivity index (χ1) is 8.15. The SMILES string of the molecule is Cc1cc(C)cc(C(=O)CC2CCNCC2)c1. The van der Waals surface area contributed by atoms with Crippen molar-refractivity contribution < 1.29 is 4.79 Å². The first kappa shape index (κ1) is 12.3. The summed E-state index contributed by atoms with van der Waals surface area (Å²) in [6, 6.07) is 6.13. The molecule has 0 radical (unpaired) electrons. The zero-order chi connectivity index (χ0) is 12.3. The third-order valence-corrected chi connectivity index (χ3v) is 3.48. The molecule has 0 unspecified atom stereocenters. The number of piperidine rings is 1. The topological polar surface area (TPSA) is 29.1 Å². The molecule has 1 saturated heterocycles. The number of carbonyl (C=O) groups excluding carboxylic acids is 1. The Labute approximate surface area is 103 Å². The van der Waals surface area contributed by atoms with Crippen LogP contribution in [-0.2, 0) is 0 Å². The highest BCUT2D eigenvalue weighted by molar-refractivity contribution is 5.96. The van der Waals surface area contributed by atoms with Crippen molar-refractivity contribution in [2.45, 2.75) is 33.1 Å². The molecule has 1 N–H and O–H groups in total. The number of rotatable bonds is 3. The summed E-state index contributed by atoms with van der Waals surface area (Å²) in [6.45, 7) is 6.22. The Morgan fingerprint density at radius 1 is 1.18 bits per heavy atom. The molecule has 1 aliphatic heterocycles. The summed E-state index contributed by atoms with van der Waals surface area (Å²) in [6.07, 6.45) is 2.98. The molecule has 0 aromatic heterocycles. The van der Waals surface area contributed by atoms with E-state index in [-0.39, 0.29) is 0 Å². The summed E-state index contributed by atoms with van der Waals surface area (Å²) in [5.41, 5.74) is 3.25. The molecule has 2 nitrogen and oxygen atoms in total. The monoisotopic (exact) mass is 231 g/mol. The van der Waals surface area contributed by atoms with Crippen molar-refractivity contribution in [3.05, 3.63) is 34.9 Å². The number of carbonyl (C=O) groups is 1. The molecule has 92 valence electrons. The third kappa shape index (κ3) is 3.40. The van der Waals surface area contributed by atoms with Gasteiger partial charge in [0, 0.05) is 12.0 Å². The number of Topliss-reactive ketones (excluding diaryl/α,β-unsaturated/α-hetero) is 1. The van der Waals surface area contributed by atoms with Gasteiger partial charge in [0.15, 0.2) is 5.78 Å². The summed E-state index contributed by atoms with van der Waals surface area (Å²) in [5, 5.41) is 3.33. The maximum atomic E-state index is 12.2. The van der Waals surface area contributed by atoms with Gasteiger partial charge in [-0.15, -0.1) is 0 Å². The van der Waals surface area contributed by atoms with Crippen LogP contribution in [0.1, 0.15) is 40.7 Å². The van der Waals surface area contributed by atoms with Gasteiger partial charge in [0.05, 0.1) is 0 Å². The van der Waals surface area contributed by atoms with E-state index >= 15 is 0 Å². The average Bonchev–Trinajstić information content (AvgIpc) is 2.29. The van der Waals surface area contributed by atoms with E-state index in [4.69, 9.17) is 0 Å². The fourth-order valence-corrected chi connectivity index (χ4v) is 2.60. The van der Waals surface area contributed by atoms with Crippen LogP contribution in [0.2, 0.25) is 0 Å². The minimum atomic E-state index is 0.309. The van der Waals surface area contributed by atoms with Gasteiger partial charge in [-0.05, 0) is 57.8 Å². The molecule has 0 saturated carbocycles. The van der Waals surface area contributed by atoms with E-state index in [1.165, 1.54) is 11.1 Å². The lowest BCUT2D eigenvalue weighted by Crippen LogP contribution is -2.28. The van der Waals surface area contributed by atoms with Gasteiger partial charge in [-0.1, -0.05) is 17.2 Å². The van der Waals surface area contributed by atoms with Crippen molar-refractivity contribution in [2.24, 2.45) is 5.92 Å².